The summed E-state index contributed by atoms with van der Waals surface area (Å²) in [6, 6.07) is 3.81. The molecule has 0 spiro atoms. The van der Waals surface area contributed by atoms with Crippen LogP contribution in [0.15, 0.2) is 21.5 Å². The summed E-state index contributed by atoms with van der Waals surface area (Å²) in [6.07, 6.45) is 0. The SMILES string of the molecule is CCOC(=O)CSc1cc(C)c(N)cc1Br. The predicted octanol–water partition coefficient (Wildman–Crippen LogP) is 2.99. The molecule has 2 N–H and O–H groups in total. The highest BCUT2D eigenvalue weighted by Gasteiger charge is 2.07. The van der Waals surface area contributed by atoms with Crippen LogP contribution in [-0.4, -0.2) is 18.3 Å². The fourth-order valence-corrected chi connectivity index (χ4v) is 2.64. The van der Waals surface area contributed by atoms with Gasteiger partial charge < -0.3 is 10.5 Å². The molecular weight excluding hydrogens is 290 g/mol. The number of aryl methyl sites for hydroxylation is 1. The maximum atomic E-state index is 11.2. The molecule has 0 bridgehead atoms. The van der Waals surface area contributed by atoms with Crippen molar-refractivity contribution in [2.75, 3.05) is 18.1 Å². The number of benzene rings is 1. The highest BCUT2D eigenvalue weighted by Crippen LogP contribution is 2.31. The molecule has 0 aliphatic carbocycles. The summed E-state index contributed by atoms with van der Waals surface area (Å²) in [5, 5.41) is 0. The normalized spacial score (nSPS) is 10.2. The van der Waals surface area contributed by atoms with E-state index in [4.69, 9.17) is 10.5 Å². The molecule has 5 heteroatoms. The van der Waals surface area contributed by atoms with Crippen LogP contribution in [0.4, 0.5) is 5.69 Å². The first-order chi connectivity index (χ1) is 7.54. The van der Waals surface area contributed by atoms with Crippen molar-refractivity contribution in [2.45, 2.75) is 18.7 Å². The van der Waals surface area contributed by atoms with Gasteiger partial charge in [0.2, 0.25) is 0 Å². The molecule has 16 heavy (non-hydrogen) atoms. The Kier molecular flexibility index (Phi) is 5.15. The molecule has 0 unspecified atom stereocenters. The Hall–Kier alpha value is -0.680. The molecule has 0 saturated heterocycles. The van der Waals surface area contributed by atoms with Crippen molar-refractivity contribution in [3.8, 4) is 0 Å². The van der Waals surface area contributed by atoms with Crippen molar-refractivity contribution < 1.29 is 9.53 Å². The van der Waals surface area contributed by atoms with Gasteiger partial charge in [-0.2, -0.15) is 0 Å². The van der Waals surface area contributed by atoms with Crippen LogP contribution in [0, 0.1) is 6.92 Å². The summed E-state index contributed by atoms with van der Waals surface area (Å²) in [4.78, 5) is 12.2. The third kappa shape index (κ3) is 3.72. The third-order valence-electron chi connectivity index (χ3n) is 1.97. The van der Waals surface area contributed by atoms with Crippen LogP contribution >= 0.6 is 27.7 Å². The average Bonchev–Trinajstić information content (AvgIpc) is 2.22. The Labute approximate surface area is 108 Å². The Morgan fingerprint density at radius 1 is 1.56 bits per heavy atom. The number of esters is 1. The largest absolute Gasteiger partial charge is 0.465 e. The lowest BCUT2D eigenvalue weighted by Gasteiger charge is -2.07. The van der Waals surface area contributed by atoms with Crippen LogP contribution in [0.3, 0.4) is 0 Å². The highest BCUT2D eigenvalue weighted by molar-refractivity contribution is 9.10. The van der Waals surface area contributed by atoms with Gasteiger partial charge in [-0.1, -0.05) is 0 Å². The summed E-state index contributed by atoms with van der Waals surface area (Å²) < 4.78 is 5.76. The van der Waals surface area contributed by atoms with Crippen LogP contribution in [0.5, 0.6) is 0 Å². The van der Waals surface area contributed by atoms with E-state index in [2.05, 4.69) is 15.9 Å². The minimum atomic E-state index is -0.200. The van der Waals surface area contributed by atoms with Crippen LogP contribution in [0.1, 0.15) is 12.5 Å². The minimum absolute atomic E-state index is 0.200. The number of halogens is 1. The van der Waals surface area contributed by atoms with E-state index in [9.17, 15) is 4.79 Å². The standard InChI is InChI=1S/C11H14BrNO2S/c1-3-15-11(14)6-16-10-4-7(2)9(13)5-8(10)12/h4-5H,3,6,13H2,1-2H3. The summed E-state index contributed by atoms with van der Waals surface area (Å²) in [5.41, 5.74) is 7.51. The fourth-order valence-electron chi connectivity index (χ4n) is 1.12. The van der Waals surface area contributed by atoms with E-state index >= 15 is 0 Å². The lowest BCUT2D eigenvalue weighted by Crippen LogP contribution is -2.06. The van der Waals surface area contributed by atoms with Crippen molar-refractivity contribution in [3.05, 3.63) is 22.2 Å². The average molecular weight is 304 g/mol. The second-order valence-corrected chi connectivity index (χ2v) is 5.10. The fraction of sp³-hybridized carbons (Fsp3) is 0.364. The molecule has 0 fully saturated rings. The smallest absolute Gasteiger partial charge is 0.316 e. The molecule has 3 nitrogen and oxygen atoms in total. The van der Waals surface area contributed by atoms with Crippen LogP contribution in [0.25, 0.3) is 0 Å². The first-order valence-electron chi connectivity index (χ1n) is 4.88. The molecule has 88 valence electrons. The van der Waals surface area contributed by atoms with Gasteiger partial charge in [-0.15, -0.1) is 11.8 Å². The second kappa shape index (κ2) is 6.15. The number of hydrogen-bond acceptors (Lipinski definition) is 4. The number of carbonyl (C=O) groups is 1. The van der Waals surface area contributed by atoms with Crippen molar-refractivity contribution in [3.63, 3.8) is 0 Å². The summed E-state index contributed by atoms with van der Waals surface area (Å²) in [5.74, 6) is 0.115. The zero-order chi connectivity index (χ0) is 12.1. The molecule has 0 amide bonds. The highest BCUT2D eigenvalue weighted by atomic mass is 79.9. The molecule has 0 heterocycles. The number of anilines is 1. The van der Waals surface area contributed by atoms with E-state index in [1.165, 1.54) is 11.8 Å². The molecule has 1 aromatic rings. The van der Waals surface area contributed by atoms with Gasteiger partial charge in [0.15, 0.2) is 0 Å². The number of nitrogens with two attached hydrogens (primary N) is 1. The van der Waals surface area contributed by atoms with E-state index in [0.717, 1.165) is 20.6 Å². The van der Waals surface area contributed by atoms with Crippen molar-refractivity contribution in [1.29, 1.82) is 0 Å². The zero-order valence-electron chi connectivity index (χ0n) is 9.25. The molecule has 0 aliphatic rings. The molecule has 1 aromatic carbocycles. The molecule has 0 saturated carbocycles. The van der Waals surface area contributed by atoms with E-state index < -0.39 is 0 Å². The molecule has 1 rings (SSSR count). The van der Waals surface area contributed by atoms with Gasteiger partial charge in [-0.05, 0) is 47.5 Å². The Morgan fingerprint density at radius 2 is 2.25 bits per heavy atom. The van der Waals surface area contributed by atoms with Crippen molar-refractivity contribution >= 4 is 39.3 Å². The van der Waals surface area contributed by atoms with Gasteiger partial charge in [0.25, 0.3) is 0 Å². The quantitative estimate of drug-likeness (QED) is 0.528. The molecule has 0 aliphatic heterocycles. The first kappa shape index (κ1) is 13.4. The Morgan fingerprint density at radius 3 is 2.88 bits per heavy atom. The topological polar surface area (TPSA) is 52.3 Å². The number of hydrogen-bond donors (Lipinski definition) is 1. The van der Waals surface area contributed by atoms with Gasteiger partial charge in [-0.25, -0.2) is 0 Å². The van der Waals surface area contributed by atoms with Gasteiger partial charge in [0.1, 0.15) is 0 Å². The zero-order valence-corrected chi connectivity index (χ0v) is 11.7. The van der Waals surface area contributed by atoms with Gasteiger partial charge >= 0.3 is 5.97 Å². The van der Waals surface area contributed by atoms with E-state index in [1.807, 2.05) is 19.1 Å². The van der Waals surface area contributed by atoms with E-state index in [-0.39, 0.29) is 5.97 Å². The molecular formula is C11H14BrNO2S. The maximum absolute atomic E-state index is 11.2. The molecule has 0 radical (unpaired) electrons. The number of thioether (sulfide) groups is 1. The minimum Gasteiger partial charge on any atom is -0.465 e. The molecule has 0 aromatic heterocycles. The van der Waals surface area contributed by atoms with E-state index in [1.54, 1.807) is 6.92 Å². The first-order valence-corrected chi connectivity index (χ1v) is 6.66. The maximum Gasteiger partial charge on any atom is 0.316 e. The Balaban J connectivity index is 2.67. The van der Waals surface area contributed by atoms with Gasteiger partial charge in [0.05, 0.1) is 12.4 Å². The van der Waals surface area contributed by atoms with Crippen molar-refractivity contribution in [2.24, 2.45) is 0 Å². The number of nitrogen functional groups attached to an aromatic ring is 1. The van der Waals surface area contributed by atoms with Gasteiger partial charge in [-0.3, -0.25) is 4.79 Å². The number of carbonyl (C=O) groups excluding carboxylic acids is 1. The lowest BCUT2D eigenvalue weighted by molar-refractivity contribution is -0.139. The number of rotatable bonds is 4. The third-order valence-corrected chi connectivity index (χ3v) is 3.92. The second-order valence-electron chi connectivity index (χ2n) is 3.23. The summed E-state index contributed by atoms with van der Waals surface area (Å²) >= 11 is 4.86. The summed E-state index contributed by atoms with van der Waals surface area (Å²) in [6.45, 7) is 4.16. The number of ether oxygens (including phenoxy) is 1. The van der Waals surface area contributed by atoms with Crippen LogP contribution in [0.2, 0.25) is 0 Å². The summed E-state index contributed by atoms with van der Waals surface area (Å²) in [7, 11) is 0. The predicted molar refractivity (Wildman–Crippen MR) is 70.6 cm³/mol. The van der Waals surface area contributed by atoms with Gasteiger partial charge in [0, 0.05) is 15.1 Å². The monoisotopic (exact) mass is 303 g/mol. The lowest BCUT2D eigenvalue weighted by atomic mass is 10.2. The van der Waals surface area contributed by atoms with Crippen LogP contribution in [-0.2, 0) is 9.53 Å². The molecule has 0 atom stereocenters. The van der Waals surface area contributed by atoms with Crippen molar-refractivity contribution in [1.82, 2.24) is 0 Å². The Bertz CT molecular complexity index is 396. The van der Waals surface area contributed by atoms with Crippen LogP contribution < -0.4 is 5.73 Å². The van der Waals surface area contributed by atoms with E-state index in [0.29, 0.717) is 12.4 Å².